The number of hydrogen-bond acceptors (Lipinski definition) is 6. The van der Waals surface area contributed by atoms with Crippen molar-refractivity contribution in [2.75, 3.05) is 14.1 Å². The minimum Gasteiger partial charge on any atom is -0.427 e. The minimum atomic E-state index is -3.67. The molecule has 3 rings (SSSR count). The fourth-order valence-corrected chi connectivity index (χ4v) is 5.01. The highest BCUT2D eigenvalue weighted by atomic mass is 35.5. The molecule has 10 heteroatoms. The van der Waals surface area contributed by atoms with Crippen molar-refractivity contribution in [3.05, 3.63) is 57.7 Å². The second-order valence-corrected chi connectivity index (χ2v) is 10.2. The molecule has 7 nitrogen and oxygen atoms in total. The van der Waals surface area contributed by atoms with Crippen LogP contribution < -0.4 is 9.54 Å². The molecular formula is C21H22ClN3O4S2. The van der Waals surface area contributed by atoms with Gasteiger partial charge in [0.2, 0.25) is 10.0 Å². The van der Waals surface area contributed by atoms with Crippen molar-refractivity contribution < 1.29 is 17.9 Å². The smallest absolute Gasteiger partial charge is 0.310 e. The molecule has 0 radical (unpaired) electrons. The number of carbonyl (C=O) groups is 1. The van der Waals surface area contributed by atoms with Crippen molar-refractivity contribution in [1.29, 1.82) is 0 Å². The molecule has 0 N–H and O–H groups in total. The van der Waals surface area contributed by atoms with E-state index >= 15 is 0 Å². The first-order chi connectivity index (χ1) is 14.6. The molecule has 0 saturated heterocycles. The number of ether oxygens (including phenoxy) is 1. The van der Waals surface area contributed by atoms with Crippen LogP contribution in [-0.2, 0) is 21.9 Å². The maximum Gasteiger partial charge on any atom is 0.310 e. The zero-order valence-electron chi connectivity index (χ0n) is 17.5. The van der Waals surface area contributed by atoms with Crippen LogP contribution >= 0.6 is 22.9 Å². The highest BCUT2D eigenvalue weighted by Crippen LogP contribution is 2.30. The number of esters is 1. The summed E-state index contributed by atoms with van der Waals surface area (Å²) in [4.78, 5) is 16.8. The lowest BCUT2D eigenvalue weighted by atomic mass is 10.2. The van der Waals surface area contributed by atoms with Crippen molar-refractivity contribution in [1.82, 2.24) is 8.87 Å². The van der Waals surface area contributed by atoms with Gasteiger partial charge in [-0.15, -0.1) is 11.3 Å². The molecule has 0 aliphatic rings. The number of sulfonamides is 1. The maximum absolute atomic E-state index is 12.6. The van der Waals surface area contributed by atoms with Crippen molar-refractivity contribution in [2.45, 2.75) is 18.2 Å². The van der Waals surface area contributed by atoms with E-state index in [0.717, 1.165) is 14.8 Å². The number of halogens is 1. The molecule has 2 aromatic carbocycles. The molecular weight excluding hydrogens is 458 g/mol. The second kappa shape index (κ2) is 9.35. The van der Waals surface area contributed by atoms with Crippen LogP contribution in [0.3, 0.4) is 0 Å². The fraction of sp³-hybridized carbons (Fsp3) is 0.238. The molecule has 0 bridgehead atoms. The predicted octanol–water partition coefficient (Wildman–Crippen LogP) is 4.21. The molecule has 0 spiro atoms. The van der Waals surface area contributed by atoms with Gasteiger partial charge < -0.3 is 9.30 Å². The molecule has 0 atom stereocenters. The first-order valence-corrected chi connectivity index (χ1v) is 12.1. The summed E-state index contributed by atoms with van der Waals surface area (Å²) in [6, 6.07) is 11.8. The predicted molar refractivity (Wildman–Crippen MR) is 122 cm³/mol. The Hall–Kier alpha value is -2.46. The normalized spacial score (nSPS) is 12.4. The second-order valence-electron chi connectivity index (χ2n) is 6.83. The number of benzene rings is 2. The van der Waals surface area contributed by atoms with E-state index in [1.54, 1.807) is 49.4 Å². The number of nitrogens with zero attached hydrogens (tertiary/aromatic N) is 3. The average Bonchev–Trinajstić information content (AvgIpc) is 3.09. The zero-order chi connectivity index (χ0) is 22.8. The summed E-state index contributed by atoms with van der Waals surface area (Å²) >= 11 is 7.58. The van der Waals surface area contributed by atoms with Crippen LogP contribution in [0.25, 0.3) is 11.3 Å². The average molecular weight is 480 g/mol. The quantitative estimate of drug-likeness (QED) is 0.392. The van der Waals surface area contributed by atoms with Gasteiger partial charge in [-0.1, -0.05) is 24.6 Å². The Morgan fingerprint density at radius 3 is 2.48 bits per heavy atom. The van der Waals surface area contributed by atoms with Crippen molar-refractivity contribution in [3.8, 4) is 17.0 Å². The topological polar surface area (TPSA) is 81.0 Å². The monoisotopic (exact) mass is 479 g/mol. The van der Waals surface area contributed by atoms with Gasteiger partial charge in [0.05, 0.1) is 16.4 Å². The zero-order valence-corrected chi connectivity index (χ0v) is 19.9. The number of hydrogen-bond donors (Lipinski definition) is 0. The number of carbonyl (C=O) groups excluding carboxylic acids is 1. The van der Waals surface area contributed by atoms with Gasteiger partial charge in [-0.2, -0.15) is 0 Å². The van der Waals surface area contributed by atoms with Gasteiger partial charge in [-0.25, -0.2) is 17.7 Å². The third kappa shape index (κ3) is 5.07. The van der Waals surface area contributed by atoms with E-state index < -0.39 is 10.0 Å². The summed E-state index contributed by atoms with van der Waals surface area (Å²) < 4.78 is 33.3. The molecule has 0 unspecified atom stereocenters. The van der Waals surface area contributed by atoms with Crippen molar-refractivity contribution >= 4 is 44.6 Å². The number of aromatic nitrogens is 1. The van der Waals surface area contributed by atoms with Crippen LogP contribution in [0.2, 0.25) is 5.02 Å². The molecule has 3 aromatic rings. The van der Waals surface area contributed by atoms with Crippen LogP contribution in [0.15, 0.2) is 57.7 Å². The van der Waals surface area contributed by atoms with E-state index in [1.807, 2.05) is 17.0 Å². The summed E-state index contributed by atoms with van der Waals surface area (Å²) in [5.41, 5.74) is 2.23. The third-order valence-electron chi connectivity index (χ3n) is 4.49. The molecule has 1 aromatic heterocycles. The Balaban J connectivity index is 1.96. The Morgan fingerprint density at radius 1 is 1.19 bits per heavy atom. The van der Waals surface area contributed by atoms with Gasteiger partial charge in [0.15, 0.2) is 4.80 Å². The maximum atomic E-state index is 12.6. The van der Waals surface area contributed by atoms with Crippen molar-refractivity contribution in [3.63, 3.8) is 0 Å². The SMILES string of the molecule is CCC(=O)Oc1ccc(/N=c2\scc(-c3ccc(Cl)c(S(=O)(=O)N(C)C)c3)n2C)cc1. The number of rotatable bonds is 6. The first kappa shape index (κ1) is 23.2. The largest absolute Gasteiger partial charge is 0.427 e. The molecule has 1 heterocycles. The van der Waals surface area contributed by atoms with Gasteiger partial charge in [-0.3, -0.25) is 4.79 Å². The van der Waals surface area contributed by atoms with E-state index in [9.17, 15) is 13.2 Å². The molecule has 0 fully saturated rings. The molecule has 0 amide bonds. The van der Waals surface area contributed by atoms with E-state index in [-0.39, 0.29) is 15.9 Å². The van der Waals surface area contributed by atoms with E-state index in [2.05, 4.69) is 4.99 Å². The Labute approximate surface area is 190 Å². The highest BCUT2D eigenvalue weighted by Gasteiger charge is 2.22. The molecule has 0 aliphatic heterocycles. The van der Waals surface area contributed by atoms with Crippen LogP contribution in [-0.4, -0.2) is 37.4 Å². The molecule has 164 valence electrons. The first-order valence-electron chi connectivity index (χ1n) is 9.36. The summed E-state index contributed by atoms with van der Waals surface area (Å²) in [5, 5.41) is 2.08. The molecule has 0 aliphatic carbocycles. The van der Waals surface area contributed by atoms with E-state index in [0.29, 0.717) is 23.4 Å². The minimum absolute atomic E-state index is 0.0542. The lowest BCUT2D eigenvalue weighted by molar-refractivity contribution is -0.134. The Kier molecular flexibility index (Phi) is 7.00. The highest BCUT2D eigenvalue weighted by molar-refractivity contribution is 7.89. The molecule has 31 heavy (non-hydrogen) atoms. The fourth-order valence-electron chi connectivity index (χ4n) is 2.69. The third-order valence-corrected chi connectivity index (χ3v) is 7.71. The lowest BCUT2D eigenvalue weighted by Gasteiger charge is -2.14. The summed E-state index contributed by atoms with van der Waals surface area (Å²) in [6.45, 7) is 1.74. The van der Waals surface area contributed by atoms with Gasteiger partial charge in [-0.05, 0) is 36.4 Å². The van der Waals surface area contributed by atoms with Gasteiger partial charge in [0.25, 0.3) is 0 Å². The van der Waals surface area contributed by atoms with Crippen LogP contribution in [0.4, 0.5) is 5.69 Å². The van der Waals surface area contributed by atoms with Crippen LogP contribution in [0.1, 0.15) is 13.3 Å². The lowest BCUT2D eigenvalue weighted by Crippen LogP contribution is -2.22. The van der Waals surface area contributed by atoms with Gasteiger partial charge in [0, 0.05) is 38.5 Å². The Morgan fingerprint density at radius 2 is 1.87 bits per heavy atom. The van der Waals surface area contributed by atoms with Gasteiger partial charge in [0.1, 0.15) is 10.6 Å². The van der Waals surface area contributed by atoms with E-state index in [1.165, 1.54) is 25.4 Å². The summed E-state index contributed by atoms with van der Waals surface area (Å²) in [5.74, 6) is 0.176. The number of thiazole rings is 1. The standard InChI is InChI=1S/C21H22ClN3O4S2/c1-5-20(26)29-16-9-7-15(8-10-16)23-21-25(4)18(13-30-21)14-6-11-17(22)19(12-14)31(27,28)24(2)3/h6-13H,5H2,1-4H3/b23-21-. The Bertz CT molecular complexity index is 1280. The summed E-state index contributed by atoms with van der Waals surface area (Å²) in [6.07, 6.45) is 0.308. The van der Waals surface area contributed by atoms with Crippen LogP contribution in [0, 0.1) is 0 Å². The van der Waals surface area contributed by atoms with Crippen LogP contribution in [0.5, 0.6) is 5.75 Å². The molecule has 0 saturated carbocycles. The van der Waals surface area contributed by atoms with Gasteiger partial charge >= 0.3 is 5.97 Å². The van der Waals surface area contributed by atoms with E-state index in [4.69, 9.17) is 16.3 Å². The summed E-state index contributed by atoms with van der Waals surface area (Å²) in [7, 11) is 1.12. The van der Waals surface area contributed by atoms with Crippen molar-refractivity contribution in [2.24, 2.45) is 12.0 Å².